The van der Waals surface area contributed by atoms with Gasteiger partial charge < -0.3 is 14.3 Å². The van der Waals surface area contributed by atoms with Gasteiger partial charge in [0.1, 0.15) is 11.3 Å². The minimum Gasteiger partial charge on any atom is -0.493 e. The van der Waals surface area contributed by atoms with Gasteiger partial charge in [-0.3, -0.25) is 4.79 Å². The fourth-order valence-corrected chi connectivity index (χ4v) is 4.60. The number of carboxylic acid groups (broad SMARTS) is 1. The highest BCUT2D eigenvalue weighted by Gasteiger charge is 2.45. The van der Waals surface area contributed by atoms with Gasteiger partial charge in [0.15, 0.2) is 0 Å². The highest BCUT2D eigenvalue weighted by Crippen LogP contribution is 2.51. The van der Waals surface area contributed by atoms with Gasteiger partial charge in [0.2, 0.25) is 0 Å². The van der Waals surface area contributed by atoms with Crippen molar-refractivity contribution in [3.63, 3.8) is 0 Å². The second kappa shape index (κ2) is 8.44. The summed E-state index contributed by atoms with van der Waals surface area (Å²) in [6, 6.07) is 8.65. The summed E-state index contributed by atoms with van der Waals surface area (Å²) >= 11 is 0. The predicted molar refractivity (Wildman–Crippen MR) is 113 cm³/mol. The molecule has 1 heterocycles. The van der Waals surface area contributed by atoms with Gasteiger partial charge >= 0.3 is 11.6 Å². The van der Waals surface area contributed by atoms with Crippen LogP contribution in [0.25, 0.3) is 11.0 Å². The molecule has 0 bridgehead atoms. The molecule has 0 aliphatic heterocycles. The van der Waals surface area contributed by atoms with E-state index in [0.717, 1.165) is 18.2 Å². The summed E-state index contributed by atoms with van der Waals surface area (Å²) in [6.07, 6.45) is 2.86. The lowest BCUT2D eigenvalue weighted by molar-refractivity contribution is -0.137. The molecular weight excluding hydrogens is 368 g/mol. The molecule has 1 aromatic carbocycles. The van der Waals surface area contributed by atoms with E-state index in [-0.39, 0.29) is 23.4 Å². The first-order valence-electron chi connectivity index (χ1n) is 10.3. The summed E-state index contributed by atoms with van der Waals surface area (Å²) in [5, 5.41) is 10.1. The minimum absolute atomic E-state index is 0.158. The number of carboxylic acids is 1. The molecule has 1 saturated carbocycles. The number of fused-ring (bicyclic) bond motifs is 1. The van der Waals surface area contributed by atoms with Crippen LogP contribution < -0.4 is 10.4 Å². The molecule has 1 aliphatic rings. The normalized spacial score (nSPS) is 24.5. The molecule has 3 atom stereocenters. The summed E-state index contributed by atoms with van der Waals surface area (Å²) in [7, 11) is 0. The lowest BCUT2D eigenvalue weighted by Crippen LogP contribution is -2.44. The van der Waals surface area contributed by atoms with E-state index in [2.05, 4.69) is 27.7 Å². The summed E-state index contributed by atoms with van der Waals surface area (Å²) in [6.45, 7) is 9.17. The van der Waals surface area contributed by atoms with Crippen molar-refractivity contribution >= 4 is 16.9 Å². The van der Waals surface area contributed by atoms with Gasteiger partial charge in [0.25, 0.3) is 0 Å². The molecule has 5 heteroatoms. The Kier molecular flexibility index (Phi) is 6.15. The number of rotatable bonds is 6. The third-order valence-corrected chi connectivity index (χ3v) is 6.62. The van der Waals surface area contributed by atoms with Crippen LogP contribution >= 0.6 is 0 Å². The van der Waals surface area contributed by atoms with Gasteiger partial charge in [0.05, 0.1) is 6.61 Å². The van der Waals surface area contributed by atoms with Gasteiger partial charge in [-0.05, 0) is 63.1 Å². The first kappa shape index (κ1) is 21.2. The molecule has 1 aromatic heterocycles. The zero-order valence-corrected chi connectivity index (χ0v) is 17.7. The Labute approximate surface area is 171 Å². The van der Waals surface area contributed by atoms with Crippen molar-refractivity contribution in [1.29, 1.82) is 0 Å². The molecule has 0 amide bonds. The second-order valence-corrected chi connectivity index (χ2v) is 8.70. The van der Waals surface area contributed by atoms with E-state index < -0.39 is 5.97 Å². The molecule has 0 saturated heterocycles. The summed E-state index contributed by atoms with van der Waals surface area (Å²) in [5.74, 6) is 0.472. The van der Waals surface area contributed by atoms with Gasteiger partial charge in [-0.2, -0.15) is 0 Å². The maximum atomic E-state index is 11.5. The van der Waals surface area contributed by atoms with E-state index in [1.165, 1.54) is 17.2 Å². The van der Waals surface area contributed by atoms with Crippen LogP contribution in [0.2, 0.25) is 0 Å². The third-order valence-electron chi connectivity index (χ3n) is 6.62. The maximum Gasteiger partial charge on any atom is 0.336 e. The van der Waals surface area contributed by atoms with Crippen molar-refractivity contribution in [3.8, 4) is 5.75 Å². The fraction of sp³-hybridized carbons (Fsp3) is 0.500. The largest absolute Gasteiger partial charge is 0.493 e. The zero-order chi connectivity index (χ0) is 21.2. The third kappa shape index (κ3) is 4.55. The number of hydrogen-bond acceptors (Lipinski definition) is 4. The first-order chi connectivity index (χ1) is 13.7. The Balaban J connectivity index is 1.87. The van der Waals surface area contributed by atoms with Crippen LogP contribution in [-0.4, -0.2) is 17.7 Å². The molecule has 1 N–H and O–H groups in total. The lowest BCUT2D eigenvalue weighted by atomic mass is 9.58. The van der Waals surface area contributed by atoms with E-state index in [0.29, 0.717) is 30.3 Å². The number of carbonyl (C=O) groups is 1. The van der Waals surface area contributed by atoms with E-state index in [4.69, 9.17) is 9.15 Å². The van der Waals surface area contributed by atoms with Crippen LogP contribution in [0.1, 0.15) is 53.4 Å². The molecule has 0 radical (unpaired) electrons. The Morgan fingerprint density at radius 2 is 2.00 bits per heavy atom. The first-order valence-corrected chi connectivity index (χ1v) is 10.3. The van der Waals surface area contributed by atoms with Crippen LogP contribution in [-0.2, 0) is 4.79 Å². The monoisotopic (exact) mass is 398 g/mol. The van der Waals surface area contributed by atoms with Crippen LogP contribution in [0.3, 0.4) is 0 Å². The summed E-state index contributed by atoms with van der Waals surface area (Å²) in [5.41, 5.74) is 2.60. The standard InChI is InChI=1S/C24H30O5/c1-15(2)19-9-5-16(3)24(4,20(19)10-11-22(25)26)14-28-18-8-6-17-7-12-23(27)29-21(17)13-18/h6-8,12-13,16,20H,5,9-11,14H2,1-4H3,(H,25,26). The molecule has 1 fully saturated rings. The van der Waals surface area contributed by atoms with Crippen molar-refractivity contribution in [2.75, 3.05) is 6.61 Å². The van der Waals surface area contributed by atoms with Crippen molar-refractivity contribution < 1.29 is 19.1 Å². The fourth-order valence-electron chi connectivity index (χ4n) is 4.60. The molecule has 3 unspecified atom stereocenters. The second-order valence-electron chi connectivity index (χ2n) is 8.70. The zero-order valence-electron chi connectivity index (χ0n) is 17.7. The number of benzene rings is 1. The lowest BCUT2D eigenvalue weighted by Gasteiger charge is -2.48. The van der Waals surface area contributed by atoms with E-state index in [1.54, 1.807) is 12.1 Å². The molecule has 0 spiro atoms. The summed E-state index contributed by atoms with van der Waals surface area (Å²) < 4.78 is 11.5. The van der Waals surface area contributed by atoms with Crippen molar-refractivity contribution in [2.24, 2.45) is 17.3 Å². The van der Waals surface area contributed by atoms with E-state index in [9.17, 15) is 14.7 Å². The maximum absolute atomic E-state index is 11.5. The smallest absolute Gasteiger partial charge is 0.336 e. The predicted octanol–water partition coefficient (Wildman–Crippen LogP) is 5.43. The molecule has 2 aromatic rings. The van der Waals surface area contributed by atoms with Gasteiger partial charge in [-0.25, -0.2) is 4.79 Å². The topological polar surface area (TPSA) is 76.7 Å². The number of allylic oxidation sites excluding steroid dienone is 2. The highest BCUT2D eigenvalue weighted by atomic mass is 16.5. The Hall–Kier alpha value is -2.56. The van der Waals surface area contributed by atoms with Gasteiger partial charge in [-0.1, -0.05) is 25.0 Å². The van der Waals surface area contributed by atoms with Crippen LogP contribution in [0, 0.1) is 17.3 Å². The molecule has 156 valence electrons. The molecule has 29 heavy (non-hydrogen) atoms. The Bertz CT molecular complexity index is 982. The minimum atomic E-state index is -0.760. The van der Waals surface area contributed by atoms with Crippen molar-refractivity contribution in [3.05, 3.63) is 51.9 Å². The van der Waals surface area contributed by atoms with Crippen LogP contribution in [0.5, 0.6) is 5.75 Å². The van der Waals surface area contributed by atoms with Crippen molar-refractivity contribution in [2.45, 2.75) is 53.4 Å². The van der Waals surface area contributed by atoms with Gasteiger partial charge in [0, 0.05) is 29.4 Å². The molecular formula is C24H30O5. The molecule has 1 aliphatic carbocycles. The number of hydrogen-bond donors (Lipinski definition) is 1. The average Bonchev–Trinajstić information content (AvgIpc) is 2.66. The number of aliphatic carboxylic acids is 1. The molecule has 5 nitrogen and oxygen atoms in total. The Morgan fingerprint density at radius 3 is 2.69 bits per heavy atom. The van der Waals surface area contributed by atoms with E-state index >= 15 is 0 Å². The summed E-state index contributed by atoms with van der Waals surface area (Å²) in [4.78, 5) is 22.8. The average molecular weight is 398 g/mol. The Morgan fingerprint density at radius 1 is 1.28 bits per heavy atom. The van der Waals surface area contributed by atoms with Crippen LogP contribution in [0.15, 0.2) is 50.7 Å². The number of ether oxygens (including phenoxy) is 1. The van der Waals surface area contributed by atoms with Crippen molar-refractivity contribution in [1.82, 2.24) is 0 Å². The van der Waals surface area contributed by atoms with E-state index in [1.807, 2.05) is 12.1 Å². The van der Waals surface area contributed by atoms with Crippen LogP contribution in [0.4, 0.5) is 0 Å². The highest BCUT2D eigenvalue weighted by molar-refractivity contribution is 5.77. The molecule has 3 rings (SSSR count). The van der Waals surface area contributed by atoms with Gasteiger partial charge in [-0.15, -0.1) is 0 Å². The quantitative estimate of drug-likeness (QED) is 0.519. The SMILES string of the molecule is CC(C)=C1CCC(C)C(C)(COc2ccc3ccc(=O)oc3c2)C1CCC(=O)O.